The Bertz CT molecular complexity index is 435. The van der Waals surface area contributed by atoms with Crippen molar-refractivity contribution in [2.75, 3.05) is 18.4 Å². The zero-order valence-corrected chi connectivity index (χ0v) is 9.42. The van der Waals surface area contributed by atoms with E-state index in [1.54, 1.807) is 13.0 Å². The van der Waals surface area contributed by atoms with Crippen LogP contribution in [0.5, 0.6) is 0 Å². The first-order valence-electron chi connectivity index (χ1n) is 5.06. The van der Waals surface area contributed by atoms with E-state index >= 15 is 0 Å². The molecule has 0 aliphatic rings. The maximum Gasteiger partial charge on any atom is 0.243 e. The average Bonchev–Trinajstić information content (AvgIpc) is 2.32. The number of nitrogens with two attached hydrogens (primary N) is 1. The Hall–Kier alpha value is -1.95. The second-order valence-electron chi connectivity index (χ2n) is 3.44. The summed E-state index contributed by atoms with van der Waals surface area (Å²) in [5, 5.41) is 4.81. The first-order valence-corrected chi connectivity index (χ1v) is 5.06. The lowest BCUT2D eigenvalue weighted by atomic mass is 10.2. The van der Waals surface area contributed by atoms with Crippen molar-refractivity contribution in [3.8, 4) is 0 Å². The summed E-state index contributed by atoms with van der Waals surface area (Å²) in [4.78, 5) is 22.2. The van der Waals surface area contributed by atoms with E-state index in [4.69, 9.17) is 5.73 Å². The molecule has 0 heterocycles. The number of rotatable bonds is 4. The van der Waals surface area contributed by atoms with Gasteiger partial charge in [-0.15, -0.1) is 0 Å². The lowest BCUT2D eigenvalue weighted by Crippen LogP contribution is -2.36. The Morgan fingerprint density at radius 2 is 2.06 bits per heavy atom. The third kappa shape index (κ3) is 3.84. The monoisotopic (exact) mass is 239 g/mol. The molecule has 17 heavy (non-hydrogen) atoms. The standard InChI is InChI=1S/C11H14FN3O2/c1-7-8(12)3-2-4-9(7)15-11(17)6-14-10(16)5-13/h2-4H,5-6,13H2,1H3,(H,14,16)(H,15,17). The molecule has 92 valence electrons. The van der Waals surface area contributed by atoms with Crippen molar-refractivity contribution in [3.63, 3.8) is 0 Å². The van der Waals surface area contributed by atoms with Crippen molar-refractivity contribution in [2.45, 2.75) is 6.92 Å². The first kappa shape index (κ1) is 13.1. The molecule has 0 aliphatic carbocycles. The van der Waals surface area contributed by atoms with Crippen molar-refractivity contribution in [1.82, 2.24) is 5.32 Å². The zero-order valence-electron chi connectivity index (χ0n) is 9.42. The lowest BCUT2D eigenvalue weighted by molar-refractivity contribution is -0.123. The van der Waals surface area contributed by atoms with Gasteiger partial charge in [0.1, 0.15) is 5.82 Å². The van der Waals surface area contributed by atoms with Crippen LogP contribution in [0.1, 0.15) is 5.56 Å². The van der Waals surface area contributed by atoms with Gasteiger partial charge in [0.05, 0.1) is 13.1 Å². The predicted molar refractivity (Wildman–Crippen MR) is 61.8 cm³/mol. The molecule has 0 fully saturated rings. The number of carbonyl (C=O) groups excluding carboxylic acids is 2. The number of amides is 2. The molecule has 0 aromatic heterocycles. The van der Waals surface area contributed by atoms with E-state index in [0.717, 1.165) is 0 Å². The molecule has 0 saturated heterocycles. The fraction of sp³-hybridized carbons (Fsp3) is 0.273. The molecule has 0 bridgehead atoms. The van der Waals surface area contributed by atoms with Crippen LogP contribution in [0, 0.1) is 12.7 Å². The number of carbonyl (C=O) groups is 2. The quantitative estimate of drug-likeness (QED) is 0.699. The molecule has 1 rings (SSSR count). The maximum absolute atomic E-state index is 13.2. The van der Waals surface area contributed by atoms with Gasteiger partial charge in [0.25, 0.3) is 0 Å². The topological polar surface area (TPSA) is 84.2 Å². The summed E-state index contributed by atoms with van der Waals surface area (Å²) >= 11 is 0. The van der Waals surface area contributed by atoms with Gasteiger partial charge in [-0.25, -0.2) is 4.39 Å². The third-order valence-electron chi connectivity index (χ3n) is 2.17. The van der Waals surface area contributed by atoms with Gasteiger partial charge in [-0.2, -0.15) is 0 Å². The van der Waals surface area contributed by atoms with Gasteiger partial charge >= 0.3 is 0 Å². The van der Waals surface area contributed by atoms with Gasteiger partial charge in [-0.3, -0.25) is 9.59 Å². The van der Waals surface area contributed by atoms with Crippen LogP contribution in [0.3, 0.4) is 0 Å². The maximum atomic E-state index is 13.2. The van der Waals surface area contributed by atoms with Crippen LogP contribution in [0.4, 0.5) is 10.1 Å². The Labute approximate surface area is 98.2 Å². The molecule has 0 radical (unpaired) electrons. The number of anilines is 1. The van der Waals surface area contributed by atoms with Gasteiger partial charge in [-0.05, 0) is 19.1 Å². The molecule has 5 nitrogen and oxygen atoms in total. The summed E-state index contributed by atoms with van der Waals surface area (Å²) in [6.45, 7) is 1.20. The van der Waals surface area contributed by atoms with Crippen molar-refractivity contribution in [1.29, 1.82) is 0 Å². The predicted octanol–water partition coefficient (Wildman–Crippen LogP) is 0.148. The van der Waals surface area contributed by atoms with E-state index < -0.39 is 17.6 Å². The summed E-state index contributed by atoms with van der Waals surface area (Å²) in [5.41, 5.74) is 5.80. The largest absolute Gasteiger partial charge is 0.346 e. The van der Waals surface area contributed by atoms with Gasteiger partial charge in [0.2, 0.25) is 11.8 Å². The number of nitrogens with one attached hydrogen (secondary N) is 2. The summed E-state index contributed by atoms with van der Waals surface area (Å²) in [7, 11) is 0. The van der Waals surface area contributed by atoms with Crippen LogP contribution >= 0.6 is 0 Å². The number of hydrogen-bond acceptors (Lipinski definition) is 3. The second-order valence-corrected chi connectivity index (χ2v) is 3.44. The zero-order chi connectivity index (χ0) is 12.8. The summed E-state index contributed by atoms with van der Waals surface area (Å²) in [5.74, 6) is -1.24. The van der Waals surface area contributed by atoms with E-state index in [2.05, 4.69) is 10.6 Å². The third-order valence-corrected chi connectivity index (χ3v) is 2.17. The molecule has 0 saturated carbocycles. The Kier molecular flexibility index (Phi) is 4.59. The molecule has 4 N–H and O–H groups in total. The van der Waals surface area contributed by atoms with E-state index in [1.165, 1.54) is 12.1 Å². The van der Waals surface area contributed by atoms with Crippen molar-refractivity contribution in [2.24, 2.45) is 5.73 Å². The summed E-state index contributed by atoms with van der Waals surface area (Å²) in [6, 6.07) is 4.39. The molecule has 1 aromatic carbocycles. The van der Waals surface area contributed by atoms with Crippen LogP contribution in [0.2, 0.25) is 0 Å². The highest BCUT2D eigenvalue weighted by molar-refractivity contribution is 5.95. The van der Waals surface area contributed by atoms with Crippen molar-refractivity contribution in [3.05, 3.63) is 29.6 Å². The molecule has 2 amide bonds. The molecule has 0 atom stereocenters. The minimum atomic E-state index is -0.430. The van der Waals surface area contributed by atoms with Crippen LogP contribution in [0.15, 0.2) is 18.2 Å². The Morgan fingerprint density at radius 1 is 1.35 bits per heavy atom. The molecule has 0 spiro atoms. The summed E-state index contributed by atoms with van der Waals surface area (Å²) < 4.78 is 13.2. The van der Waals surface area contributed by atoms with Gasteiger partial charge in [0.15, 0.2) is 0 Å². The van der Waals surface area contributed by atoms with E-state index in [0.29, 0.717) is 11.3 Å². The highest BCUT2D eigenvalue weighted by Gasteiger charge is 2.08. The molecular formula is C11H14FN3O2. The van der Waals surface area contributed by atoms with Crippen LogP contribution in [-0.4, -0.2) is 24.9 Å². The van der Waals surface area contributed by atoms with Crippen LogP contribution in [-0.2, 0) is 9.59 Å². The van der Waals surface area contributed by atoms with E-state index in [9.17, 15) is 14.0 Å². The molecule has 0 aliphatic heterocycles. The number of hydrogen-bond donors (Lipinski definition) is 3. The lowest BCUT2D eigenvalue weighted by Gasteiger charge is -2.09. The highest BCUT2D eigenvalue weighted by Crippen LogP contribution is 2.16. The number of halogens is 1. The van der Waals surface area contributed by atoms with Crippen molar-refractivity contribution >= 4 is 17.5 Å². The smallest absolute Gasteiger partial charge is 0.243 e. The first-order chi connectivity index (χ1) is 8.04. The molecular weight excluding hydrogens is 225 g/mol. The van der Waals surface area contributed by atoms with Crippen LogP contribution in [0.25, 0.3) is 0 Å². The van der Waals surface area contributed by atoms with E-state index in [-0.39, 0.29) is 13.1 Å². The minimum Gasteiger partial charge on any atom is -0.346 e. The number of benzene rings is 1. The fourth-order valence-corrected chi connectivity index (χ4v) is 1.19. The second kappa shape index (κ2) is 5.95. The van der Waals surface area contributed by atoms with Crippen LogP contribution < -0.4 is 16.4 Å². The molecule has 0 unspecified atom stereocenters. The highest BCUT2D eigenvalue weighted by atomic mass is 19.1. The van der Waals surface area contributed by atoms with Gasteiger partial charge in [0, 0.05) is 11.3 Å². The van der Waals surface area contributed by atoms with Crippen molar-refractivity contribution < 1.29 is 14.0 Å². The van der Waals surface area contributed by atoms with Gasteiger partial charge in [-0.1, -0.05) is 6.07 Å². The molecule has 6 heteroatoms. The van der Waals surface area contributed by atoms with E-state index in [1.807, 2.05) is 0 Å². The Balaban J connectivity index is 2.56. The Morgan fingerprint density at radius 3 is 2.71 bits per heavy atom. The van der Waals surface area contributed by atoms with Gasteiger partial charge < -0.3 is 16.4 Å². The minimum absolute atomic E-state index is 0.174. The molecule has 1 aromatic rings. The summed E-state index contributed by atoms with van der Waals surface area (Å²) in [6.07, 6.45) is 0. The fourth-order valence-electron chi connectivity index (χ4n) is 1.19. The SMILES string of the molecule is Cc1c(F)cccc1NC(=O)CNC(=O)CN. The normalized spacial score (nSPS) is 9.82. The average molecular weight is 239 g/mol.